The fourth-order valence-corrected chi connectivity index (χ4v) is 3.33. The molecular weight excluding hydrogens is 257 g/mol. The van der Waals surface area contributed by atoms with Crippen molar-refractivity contribution < 1.29 is 19.2 Å². The van der Waals surface area contributed by atoms with Crippen molar-refractivity contribution in [3.8, 4) is 0 Å². The SMILES string of the molecule is CC1(C)OB(C2=C[C@@H]3CC[C@H](C2)N3C(=O)O)OC1(C)C. The number of hydrogen-bond donors (Lipinski definition) is 1. The fourth-order valence-electron chi connectivity index (χ4n) is 3.33. The van der Waals surface area contributed by atoms with Crippen LogP contribution < -0.4 is 0 Å². The lowest BCUT2D eigenvalue weighted by Gasteiger charge is -2.32. The number of amides is 1. The zero-order chi connectivity index (χ0) is 14.7. The van der Waals surface area contributed by atoms with Crippen molar-refractivity contribution in [2.75, 3.05) is 0 Å². The van der Waals surface area contributed by atoms with E-state index in [9.17, 15) is 9.90 Å². The van der Waals surface area contributed by atoms with Gasteiger partial charge in [-0.15, -0.1) is 0 Å². The molecule has 0 spiro atoms. The minimum absolute atomic E-state index is 0.0136. The molecule has 2 saturated heterocycles. The monoisotopic (exact) mass is 279 g/mol. The Kier molecular flexibility index (Phi) is 2.96. The molecule has 1 amide bonds. The molecule has 0 aromatic carbocycles. The average Bonchev–Trinajstić information content (AvgIpc) is 2.70. The molecule has 20 heavy (non-hydrogen) atoms. The number of nitrogens with zero attached hydrogens (tertiary/aromatic N) is 1. The molecule has 1 N–H and O–H groups in total. The van der Waals surface area contributed by atoms with Crippen LogP contribution in [0.15, 0.2) is 11.5 Å². The summed E-state index contributed by atoms with van der Waals surface area (Å²) in [5, 5.41) is 9.27. The first kappa shape index (κ1) is 14.0. The van der Waals surface area contributed by atoms with Crippen LogP contribution in [-0.4, -0.2) is 46.5 Å². The minimum atomic E-state index is -0.818. The average molecular weight is 279 g/mol. The minimum Gasteiger partial charge on any atom is -0.465 e. The molecule has 3 rings (SSSR count). The molecule has 2 bridgehead atoms. The predicted octanol–water partition coefficient (Wildman–Crippen LogP) is 2.46. The molecule has 6 heteroatoms. The third-order valence-electron chi connectivity index (χ3n) is 5.20. The van der Waals surface area contributed by atoms with Crippen LogP contribution in [0.25, 0.3) is 0 Å². The van der Waals surface area contributed by atoms with Crippen LogP contribution >= 0.6 is 0 Å². The van der Waals surface area contributed by atoms with Crippen molar-refractivity contribution in [2.45, 2.75) is 70.2 Å². The van der Waals surface area contributed by atoms with Crippen LogP contribution in [0.1, 0.15) is 47.0 Å². The third kappa shape index (κ3) is 1.97. The van der Waals surface area contributed by atoms with Crippen molar-refractivity contribution in [2.24, 2.45) is 0 Å². The van der Waals surface area contributed by atoms with Gasteiger partial charge in [0, 0.05) is 6.04 Å². The number of carboxylic acid groups (broad SMARTS) is 1. The molecule has 0 aromatic heterocycles. The van der Waals surface area contributed by atoms with Gasteiger partial charge in [-0.05, 0) is 52.4 Å². The Balaban J connectivity index is 1.81. The van der Waals surface area contributed by atoms with E-state index >= 15 is 0 Å². The van der Waals surface area contributed by atoms with Gasteiger partial charge in [0.05, 0.1) is 17.2 Å². The van der Waals surface area contributed by atoms with Gasteiger partial charge in [-0.2, -0.15) is 0 Å². The summed E-state index contributed by atoms with van der Waals surface area (Å²) >= 11 is 0. The lowest BCUT2D eigenvalue weighted by molar-refractivity contribution is 0.00578. The van der Waals surface area contributed by atoms with Crippen LogP contribution in [0.4, 0.5) is 4.79 Å². The summed E-state index contributed by atoms with van der Waals surface area (Å²) in [6.07, 6.45) is 3.78. The lowest BCUT2D eigenvalue weighted by atomic mass is 9.73. The topological polar surface area (TPSA) is 59.0 Å². The molecule has 0 unspecified atom stereocenters. The summed E-state index contributed by atoms with van der Waals surface area (Å²) in [7, 11) is -0.334. The second-order valence-electron chi connectivity index (χ2n) is 7.02. The maximum atomic E-state index is 11.3. The molecule has 3 heterocycles. The van der Waals surface area contributed by atoms with Crippen molar-refractivity contribution in [3.63, 3.8) is 0 Å². The Morgan fingerprint density at radius 3 is 2.40 bits per heavy atom. The zero-order valence-corrected chi connectivity index (χ0v) is 12.5. The van der Waals surface area contributed by atoms with Crippen LogP contribution in [0.3, 0.4) is 0 Å². The van der Waals surface area contributed by atoms with E-state index in [0.717, 1.165) is 24.7 Å². The van der Waals surface area contributed by atoms with Crippen LogP contribution in [0.5, 0.6) is 0 Å². The molecule has 110 valence electrons. The maximum absolute atomic E-state index is 11.3. The highest BCUT2D eigenvalue weighted by atomic mass is 16.7. The van der Waals surface area contributed by atoms with Gasteiger partial charge in [-0.1, -0.05) is 6.08 Å². The van der Waals surface area contributed by atoms with Gasteiger partial charge in [0.2, 0.25) is 0 Å². The van der Waals surface area contributed by atoms with E-state index in [4.69, 9.17) is 9.31 Å². The molecule has 2 atom stereocenters. The Bertz CT molecular complexity index is 458. The Labute approximate surface area is 120 Å². The summed E-state index contributed by atoms with van der Waals surface area (Å²) in [5.74, 6) is 0. The van der Waals surface area contributed by atoms with Crippen LogP contribution in [0, 0.1) is 0 Å². The second-order valence-corrected chi connectivity index (χ2v) is 7.02. The first-order valence-corrected chi connectivity index (χ1v) is 7.29. The zero-order valence-electron chi connectivity index (χ0n) is 12.5. The summed E-state index contributed by atoms with van der Waals surface area (Å²) < 4.78 is 12.1. The van der Waals surface area contributed by atoms with Crippen molar-refractivity contribution in [1.29, 1.82) is 0 Å². The smallest absolute Gasteiger partial charge is 0.465 e. The van der Waals surface area contributed by atoms with E-state index in [1.807, 2.05) is 33.8 Å². The molecule has 5 nitrogen and oxygen atoms in total. The first-order chi connectivity index (χ1) is 9.21. The summed E-state index contributed by atoms with van der Waals surface area (Å²) in [6, 6.07) is 0.0665. The van der Waals surface area contributed by atoms with Crippen molar-refractivity contribution in [3.05, 3.63) is 11.5 Å². The van der Waals surface area contributed by atoms with Crippen LogP contribution in [-0.2, 0) is 9.31 Å². The second kappa shape index (κ2) is 4.24. The number of hydrogen-bond acceptors (Lipinski definition) is 3. The highest BCUT2D eigenvalue weighted by Gasteiger charge is 2.54. The van der Waals surface area contributed by atoms with Gasteiger partial charge in [-0.3, -0.25) is 4.90 Å². The molecule has 2 fully saturated rings. The molecule has 0 aromatic rings. The molecule has 0 radical (unpaired) electrons. The summed E-state index contributed by atoms with van der Waals surface area (Å²) in [6.45, 7) is 8.15. The Morgan fingerprint density at radius 2 is 1.90 bits per heavy atom. The molecule has 0 aliphatic carbocycles. The van der Waals surface area contributed by atoms with Gasteiger partial charge in [-0.25, -0.2) is 4.79 Å². The lowest BCUT2D eigenvalue weighted by Crippen LogP contribution is -2.44. The number of rotatable bonds is 1. The number of fused-ring (bicyclic) bond motifs is 2. The molecule has 3 aliphatic rings. The quantitative estimate of drug-likeness (QED) is 0.749. The molecular formula is C14H22BNO4. The Hall–Kier alpha value is -1.01. The summed E-state index contributed by atoms with van der Waals surface area (Å²) in [5.41, 5.74) is 0.414. The van der Waals surface area contributed by atoms with Gasteiger partial charge in [0.1, 0.15) is 0 Å². The Morgan fingerprint density at radius 1 is 1.30 bits per heavy atom. The van der Waals surface area contributed by atoms with Crippen LogP contribution in [0.2, 0.25) is 0 Å². The van der Waals surface area contributed by atoms with E-state index < -0.39 is 6.09 Å². The van der Waals surface area contributed by atoms with E-state index in [1.165, 1.54) is 0 Å². The van der Waals surface area contributed by atoms with Crippen molar-refractivity contribution >= 4 is 13.2 Å². The molecule has 0 saturated carbocycles. The first-order valence-electron chi connectivity index (χ1n) is 7.29. The third-order valence-corrected chi connectivity index (χ3v) is 5.20. The standard InChI is InChI=1S/C14H22BNO4/c1-13(2)14(3,4)20-15(19-13)9-7-10-5-6-11(8-9)16(10)12(17)18/h7,10-11H,5-6,8H2,1-4H3,(H,17,18)/t10-,11+/m0/s1. The maximum Gasteiger partial charge on any atom is 0.490 e. The van der Waals surface area contributed by atoms with Gasteiger partial charge >= 0.3 is 13.2 Å². The van der Waals surface area contributed by atoms with E-state index in [2.05, 4.69) is 0 Å². The predicted molar refractivity (Wildman–Crippen MR) is 75.5 cm³/mol. The van der Waals surface area contributed by atoms with Gasteiger partial charge in [0.15, 0.2) is 0 Å². The van der Waals surface area contributed by atoms with Gasteiger partial charge in [0.25, 0.3) is 0 Å². The largest absolute Gasteiger partial charge is 0.490 e. The van der Waals surface area contributed by atoms with E-state index in [0.29, 0.717) is 0 Å². The fraction of sp³-hybridized carbons (Fsp3) is 0.786. The van der Waals surface area contributed by atoms with Gasteiger partial charge < -0.3 is 14.4 Å². The van der Waals surface area contributed by atoms with E-state index in [1.54, 1.807) is 4.90 Å². The van der Waals surface area contributed by atoms with Crippen molar-refractivity contribution in [1.82, 2.24) is 4.90 Å². The highest BCUT2D eigenvalue weighted by Crippen LogP contribution is 2.42. The normalized spacial score (nSPS) is 34.3. The molecule has 3 aliphatic heterocycles. The highest BCUT2D eigenvalue weighted by molar-refractivity contribution is 6.54. The van der Waals surface area contributed by atoms with E-state index in [-0.39, 0.29) is 30.4 Å². The summed E-state index contributed by atoms with van der Waals surface area (Å²) in [4.78, 5) is 12.9. The number of carbonyl (C=O) groups is 1.